The second-order valence-corrected chi connectivity index (χ2v) is 6.29. The van der Waals surface area contributed by atoms with Gasteiger partial charge in [0.1, 0.15) is 5.75 Å². The van der Waals surface area contributed by atoms with Crippen LogP contribution in [0, 0.1) is 5.92 Å². The molecule has 134 valence electrons. The molecule has 0 saturated heterocycles. The number of benzene rings is 1. The topological polar surface area (TPSA) is 70.6 Å². The van der Waals surface area contributed by atoms with Crippen molar-refractivity contribution >= 4 is 6.03 Å². The zero-order chi connectivity index (χ0) is 17.5. The monoisotopic (exact) mass is 342 g/mol. The molecule has 24 heavy (non-hydrogen) atoms. The smallest absolute Gasteiger partial charge is 0.387 e. The Balaban J connectivity index is 1.75. The van der Waals surface area contributed by atoms with Crippen molar-refractivity contribution in [2.24, 2.45) is 5.92 Å². The molecule has 2 rings (SSSR count). The number of ether oxygens (including phenoxy) is 1. The minimum absolute atomic E-state index is 0.0260. The molecule has 1 aromatic carbocycles. The minimum atomic E-state index is -2.88. The fourth-order valence-corrected chi connectivity index (χ4v) is 2.98. The minimum Gasteiger partial charge on any atom is -0.435 e. The molecule has 3 unspecified atom stereocenters. The van der Waals surface area contributed by atoms with Crippen molar-refractivity contribution in [3.05, 3.63) is 29.8 Å². The summed E-state index contributed by atoms with van der Waals surface area (Å²) in [6.45, 7) is -0.659. The lowest BCUT2D eigenvalue weighted by molar-refractivity contribution is -0.0498. The largest absolute Gasteiger partial charge is 0.435 e. The van der Waals surface area contributed by atoms with Crippen LogP contribution in [-0.4, -0.2) is 30.3 Å². The molecule has 7 heteroatoms. The number of alkyl halides is 2. The number of hydrogen-bond acceptors (Lipinski definition) is 3. The van der Waals surface area contributed by atoms with Crippen molar-refractivity contribution in [3.63, 3.8) is 0 Å². The van der Waals surface area contributed by atoms with Gasteiger partial charge in [-0.1, -0.05) is 31.9 Å². The van der Waals surface area contributed by atoms with Crippen LogP contribution in [0.25, 0.3) is 0 Å². The van der Waals surface area contributed by atoms with Crippen LogP contribution >= 0.6 is 0 Å². The number of carbonyl (C=O) groups excluding carboxylic acids is 1. The average Bonchev–Trinajstić information content (AvgIpc) is 2.53. The van der Waals surface area contributed by atoms with Gasteiger partial charge in [0, 0.05) is 12.6 Å². The maximum absolute atomic E-state index is 12.1. The summed E-state index contributed by atoms with van der Waals surface area (Å²) in [6, 6.07) is 5.57. The van der Waals surface area contributed by atoms with Gasteiger partial charge >= 0.3 is 12.6 Å². The number of aliphatic hydroxyl groups is 1. The van der Waals surface area contributed by atoms with Gasteiger partial charge in [-0.05, 0) is 36.5 Å². The van der Waals surface area contributed by atoms with Crippen LogP contribution in [0.2, 0.25) is 0 Å². The van der Waals surface area contributed by atoms with Crippen molar-refractivity contribution in [1.29, 1.82) is 0 Å². The SMILES string of the molecule is CC1CCCC(NC(=O)NCC(O)c2ccc(OC(F)F)cc2)C1. The van der Waals surface area contributed by atoms with Gasteiger partial charge in [0.25, 0.3) is 0 Å². The molecule has 3 atom stereocenters. The van der Waals surface area contributed by atoms with Crippen molar-refractivity contribution in [2.75, 3.05) is 6.54 Å². The Morgan fingerprint density at radius 2 is 2.04 bits per heavy atom. The van der Waals surface area contributed by atoms with Crippen molar-refractivity contribution in [1.82, 2.24) is 10.6 Å². The number of amides is 2. The molecule has 0 aromatic heterocycles. The number of urea groups is 1. The van der Waals surface area contributed by atoms with Gasteiger partial charge in [-0.25, -0.2) is 4.79 Å². The summed E-state index contributed by atoms with van der Waals surface area (Å²) in [6.07, 6.45) is 3.35. The second kappa shape index (κ2) is 8.82. The second-order valence-electron chi connectivity index (χ2n) is 6.29. The van der Waals surface area contributed by atoms with E-state index in [9.17, 15) is 18.7 Å². The molecule has 1 aliphatic rings. The van der Waals surface area contributed by atoms with Crippen LogP contribution in [0.15, 0.2) is 24.3 Å². The molecule has 0 radical (unpaired) electrons. The van der Waals surface area contributed by atoms with Gasteiger partial charge < -0.3 is 20.5 Å². The van der Waals surface area contributed by atoms with Crippen molar-refractivity contribution in [3.8, 4) is 5.75 Å². The molecule has 1 aliphatic carbocycles. The highest BCUT2D eigenvalue weighted by atomic mass is 19.3. The summed E-state index contributed by atoms with van der Waals surface area (Å²) in [7, 11) is 0. The summed E-state index contributed by atoms with van der Waals surface area (Å²) in [5, 5.41) is 15.6. The average molecular weight is 342 g/mol. The van der Waals surface area contributed by atoms with Gasteiger partial charge in [0.15, 0.2) is 0 Å². The molecule has 1 saturated carbocycles. The van der Waals surface area contributed by atoms with Crippen LogP contribution in [-0.2, 0) is 0 Å². The van der Waals surface area contributed by atoms with Crippen LogP contribution < -0.4 is 15.4 Å². The van der Waals surface area contributed by atoms with E-state index in [4.69, 9.17) is 0 Å². The molecule has 3 N–H and O–H groups in total. The zero-order valence-electron chi connectivity index (χ0n) is 13.7. The Kier molecular flexibility index (Phi) is 6.78. The Hall–Kier alpha value is -1.89. The van der Waals surface area contributed by atoms with E-state index >= 15 is 0 Å². The van der Waals surface area contributed by atoms with Crippen LogP contribution in [0.4, 0.5) is 13.6 Å². The predicted molar refractivity (Wildman–Crippen MR) is 86.0 cm³/mol. The number of hydrogen-bond donors (Lipinski definition) is 3. The van der Waals surface area contributed by atoms with Crippen LogP contribution in [0.3, 0.4) is 0 Å². The van der Waals surface area contributed by atoms with Crippen LogP contribution in [0.5, 0.6) is 5.75 Å². The Bertz CT molecular complexity index is 525. The van der Waals surface area contributed by atoms with Gasteiger partial charge in [-0.2, -0.15) is 8.78 Å². The third-order valence-electron chi connectivity index (χ3n) is 4.22. The molecule has 0 heterocycles. The van der Waals surface area contributed by atoms with E-state index < -0.39 is 12.7 Å². The maximum atomic E-state index is 12.1. The normalized spacial score (nSPS) is 22.0. The lowest BCUT2D eigenvalue weighted by Gasteiger charge is -2.27. The lowest BCUT2D eigenvalue weighted by Crippen LogP contribution is -2.44. The van der Waals surface area contributed by atoms with E-state index in [1.165, 1.54) is 30.7 Å². The highest BCUT2D eigenvalue weighted by Gasteiger charge is 2.20. The third kappa shape index (κ3) is 5.96. The van der Waals surface area contributed by atoms with Crippen molar-refractivity contribution in [2.45, 2.75) is 51.4 Å². The number of aliphatic hydroxyl groups excluding tert-OH is 1. The van der Waals surface area contributed by atoms with Crippen LogP contribution in [0.1, 0.15) is 44.3 Å². The number of nitrogens with one attached hydrogen (secondary N) is 2. The number of halogens is 2. The molecular formula is C17H24F2N2O3. The maximum Gasteiger partial charge on any atom is 0.387 e. The summed E-state index contributed by atoms with van der Waals surface area (Å²) >= 11 is 0. The fraction of sp³-hybridized carbons (Fsp3) is 0.588. The highest BCUT2D eigenvalue weighted by Crippen LogP contribution is 2.23. The third-order valence-corrected chi connectivity index (χ3v) is 4.22. The predicted octanol–water partition coefficient (Wildman–Crippen LogP) is 3.20. The van der Waals surface area contributed by atoms with E-state index in [-0.39, 0.29) is 24.4 Å². The summed E-state index contributed by atoms with van der Waals surface area (Å²) in [4.78, 5) is 11.9. The molecular weight excluding hydrogens is 318 g/mol. The Labute approximate surface area is 140 Å². The van der Waals surface area contributed by atoms with Gasteiger partial charge in [0.2, 0.25) is 0 Å². The summed E-state index contributed by atoms with van der Waals surface area (Å²) < 4.78 is 28.4. The number of rotatable bonds is 6. The first-order valence-corrected chi connectivity index (χ1v) is 8.21. The molecule has 2 amide bonds. The summed E-state index contributed by atoms with van der Waals surface area (Å²) in [5.74, 6) is 0.640. The van der Waals surface area contributed by atoms with E-state index in [1.807, 2.05) is 0 Å². The fourth-order valence-electron chi connectivity index (χ4n) is 2.98. The lowest BCUT2D eigenvalue weighted by atomic mass is 9.87. The zero-order valence-corrected chi connectivity index (χ0v) is 13.7. The van der Waals surface area contributed by atoms with Gasteiger partial charge in [-0.3, -0.25) is 0 Å². The standard InChI is InChI=1S/C17H24F2N2O3/c1-11-3-2-4-13(9-11)21-17(23)20-10-15(22)12-5-7-14(8-6-12)24-16(18)19/h5-8,11,13,15-16,22H,2-4,9-10H2,1H3,(H2,20,21,23). The summed E-state index contributed by atoms with van der Waals surface area (Å²) in [5.41, 5.74) is 0.517. The first-order chi connectivity index (χ1) is 11.4. The van der Waals surface area contributed by atoms with Crippen molar-refractivity contribution < 1.29 is 23.4 Å². The molecule has 1 fully saturated rings. The van der Waals surface area contributed by atoms with E-state index in [2.05, 4.69) is 22.3 Å². The molecule has 0 aliphatic heterocycles. The molecule has 1 aromatic rings. The first kappa shape index (κ1) is 18.4. The molecule has 0 spiro atoms. The van der Waals surface area contributed by atoms with Gasteiger partial charge in [-0.15, -0.1) is 0 Å². The quantitative estimate of drug-likeness (QED) is 0.743. The molecule has 0 bridgehead atoms. The number of carbonyl (C=O) groups is 1. The van der Waals surface area contributed by atoms with E-state index in [0.29, 0.717) is 11.5 Å². The Morgan fingerprint density at radius 3 is 2.67 bits per heavy atom. The molecule has 5 nitrogen and oxygen atoms in total. The Morgan fingerprint density at radius 1 is 1.33 bits per heavy atom. The van der Waals surface area contributed by atoms with Gasteiger partial charge in [0.05, 0.1) is 6.10 Å². The van der Waals surface area contributed by atoms with E-state index in [1.54, 1.807) is 0 Å². The van der Waals surface area contributed by atoms with E-state index in [0.717, 1.165) is 19.3 Å². The first-order valence-electron chi connectivity index (χ1n) is 8.21. The highest BCUT2D eigenvalue weighted by molar-refractivity contribution is 5.74.